The molecule has 0 bridgehead atoms. The molecule has 376 valence electrons. The molecule has 0 amide bonds. The van der Waals surface area contributed by atoms with Crippen molar-refractivity contribution < 1.29 is 0 Å². The molecule has 3 unspecified atom stereocenters. The second-order valence-electron chi connectivity index (χ2n) is 26.3. The van der Waals surface area contributed by atoms with E-state index in [4.69, 9.17) is 0 Å². The fourth-order valence-electron chi connectivity index (χ4n) is 13.1. The first-order chi connectivity index (χ1) is 35.7. The summed E-state index contributed by atoms with van der Waals surface area (Å²) >= 11 is 0. The maximum Gasteiger partial charge on any atom is 0.226 e. The molecule has 75 heavy (non-hydrogen) atoms. The highest BCUT2D eigenvalue weighted by Crippen LogP contribution is 2.56. The number of aromatic nitrogens is 1. The lowest BCUT2D eigenvalue weighted by atomic mass is 9.28. The molecule has 3 atom stereocenters. The van der Waals surface area contributed by atoms with Crippen LogP contribution in [0, 0.1) is 5.41 Å². The molecule has 2 aliphatic heterocycles. The van der Waals surface area contributed by atoms with E-state index >= 15 is 0 Å². The van der Waals surface area contributed by atoms with E-state index in [0.717, 1.165) is 6.42 Å². The van der Waals surface area contributed by atoms with Crippen LogP contribution >= 0.6 is 0 Å². The molecule has 8 aromatic rings. The third kappa shape index (κ3) is 8.17. The van der Waals surface area contributed by atoms with Crippen LogP contribution in [-0.2, 0) is 16.2 Å². The lowest BCUT2D eigenvalue weighted by molar-refractivity contribution is 0.468. The van der Waals surface area contributed by atoms with Crippen molar-refractivity contribution in [1.29, 1.82) is 0 Å². The Morgan fingerprint density at radius 2 is 0.987 bits per heavy atom. The summed E-state index contributed by atoms with van der Waals surface area (Å²) in [6.07, 6.45) is 8.91. The molecule has 1 aromatic heterocycles. The van der Waals surface area contributed by atoms with Crippen LogP contribution in [0.2, 0.25) is 5.82 Å². The number of benzene rings is 7. The summed E-state index contributed by atoms with van der Waals surface area (Å²) < 4.78 is 2.70. The van der Waals surface area contributed by atoms with Crippen molar-refractivity contribution in [1.82, 2.24) is 4.57 Å². The second-order valence-corrected chi connectivity index (χ2v) is 26.3. The summed E-state index contributed by atoms with van der Waals surface area (Å²) in [7, 11) is 0. The van der Waals surface area contributed by atoms with E-state index in [1.54, 1.807) is 0 Å². The summed E-state index contributed by atoms with van der Waals surface area (Å²) in [5.74, 6) is 0.343. The van der Waals surface area contributed by atoms with Crippen LogP contribution in [0.3, 0.4) is 0 Å². The molecule has 3 heterocycles. The molecular weight excluding hydrogens is 906 g/mol. The SMILES string of the molecule is CC1CC(C(C)(C)C)=Cc2c1n(C1=CC3C4B(c5ccccc5N(c5ccc(C(C)(C)C)cc5-c5ccccc5)C4=C1)c1ccccc1N3c1ccc(C(C)(C)C)cc1-c1ccccc1)c1ccc(C(C)(C)C)cc21. The zero-order chi connectivity index (χ0) is 52.5. The first-order valence-corrected chi connectivity index (χ1v) is 27.7. The third-order valence-corrected chi connectivity index (χ3v) is 17.1. The van der Waals surface area contributed by atoms with Gasteiger partial charge in [-0.15, -0.1) is 0 Å². The lowest BCUT2D eigenvalue weighted by Crippen LogP contribution is -2.63. The summed E-state index contributed by atoms with van der Waals surface area (Å²) in [5, 5.41) is 1.34. The Morgan fingerprint density at radius 3 is 1.57 bits per heavy atom. The van der Waals surface area contributed by atoms with E-state index < -0.39 is 0 Å². The molecule has 3 nitrogen and oxygen atoms in total. The van der Waals surface area contributed by atoms with Gasteiger partial charge in [0.2, 0.25) is 6.71 Å². The fourth-order valence-corrected chi connectivity index (χ4v) is 13.1. The summed E-state index contributed by atoms with van der Waals surface area (Å²) in [6.45, 7) is 30.8. The topological polar surface area (TPSA) is 11.4 Å². The number of hydrogen-bond acceptors (Lipinski definition) is 2. The minimum Gasteiger partial charge on any atom is -0.334 e. The Kier molecular flexibility index (Phi) is 11.4. The zero-order valence-electron chi connectivity index (χ0n) is 46.7. The summed E-state index contributed by atoms with van der Waals surface area (Å²) in [5.41, 5.74) is 24.8. The number of para-hydroxylation sites is 2. The predicted octanol–water partition coefficient (Wildman–Crippen LogP) is 17.9. The molecular formula is C71H74BN3. The molecule has 0 N–H and O–H groups in total. The van der Waals surface area contributed by atoms with E-state index in [1.807, 2.05) is 0 Å². The van der Waals surface area contributed by atoms with Gasteiger partial charge in [-0.25, -0.2) is 0 Å². The highest BCUT2D eigenvalue weighted by Gasteiger charge is 2.53. The Bertz CT molecular complexity index is 3650. The molecule has 4 aliphatic rings. The average molecular weight is 980 g/mol. The van der Waals surface area contributed by atoms with Gasteiger partial charge in [0, 0.05) is 68.0 Å². The smallest absolute Gasteiger partial charge is 0.226 e. The minimum atomic E-state index is -0.0748. The van der Waals surface area contributed by atoms with E-state index in [2.05, 4.69) is 286 Å². The first kappa shape index (κ1) is 48.9. The Labute approximate surface area is 448 Å². The van der Waals surface area contributed by atoms with E-state index in [9.17, 15) is 0 Å². The number of nitrogens with zero attached hydrogens (tertiary/aromatic N) is 3. The molecule has 4 heteroatoms. The van der Waals surface area contributed by atoms with Crippen LogP contribution in [-0.4, -0.2) is 17.3 Å². The Hall–Kier alpha value is -7.04. The van der Waals surface area contributed by atoms with Gasteiger partial charge in [0.25, 0.3) is 0 Å². The highest BCUT2D eigenvalue weighted by molar-refractivity contribution is 6.90. The molecule has 0 spiro atoms. The van der Waals surface area contributed by atoms with Crippen molar-refractivity contribution in [2.45, 2.75) is 130 Å². The molecule has 2 aliphatic carbocycles. The van der Waals surface area contributed by atoms with Crippen molar-refractivity contribution in [2.24, 2.45) is 5.41 Å². The van der Waals surface area contributed by atoms with Crippen LogP contribution in [0.4, 0.5) is 22.7 Å². The van der Waals surface area contributed by atoms with Gasteiger partial charge in [0.15, 0.2) is 0 Å². The number of allylic oxidation sites excluding steroid dienone is 3. The van der Waals surface area contributed by atoms with Crippen molar-refractivity contribution in [3.63, 3.8) is 0 Å². The molecule has 0 saturated carbocycles. The second kappa shape index (κ2) is 17.5. The number of hydrogen-bond donors (Lipinski definition) is 0. The highest BCUT2D eigenvalue weighted by atomic mass is 15.2. The third-order valence-electron chi connectivity index (χ3n) is 17.1. The first-order valence-electron chi connectivity index (χ1n) is 27.7. The summed E-state index contributed by atoms with van der Waals surface area (Å²) in [6, 6.07) is 62.9. The standard InChI is InChI=1S/C71H74BN3/c1-45-38-51(71(11,12)13)42-56-55-41-50(70(8,9)10)34-37-61(55)73(67(45)56)52-43-64-66-65(44-52)75(60-36-33-49(69(5,6)7)40-54(60)47-26-18-15-19-27-47)63-31-23-21-29-58(63)72(66)57-28-20-22-30-62(57)74(64)59-35-32-48(68(2,3)4)39-53(59)46-24-16-14-17-25-46/h14-37,39-45,64,66H,38H2,1-13H3. The van der Waals surface area contributed by atoms with E-state index in [-0.39, 0.29) is 40.2 Å². The molecule has 7 aromatic carbocycles. The van der Waals surface area contributed by atoms with Crippen LogP contribution in [0.1, 0.15) is 130 Å². The van der Waals surface area contributed by atoms with Gasteiger partial charge in [-0.05, 0) is 122 Å². The predicted molar refractivity (Wildman–Crippen MR) is 324 cm³/mol. The van der Waals surface area contributed by atoms with Gasteiger partial charge in [-0.3, -0.25) is 0 Å². The van der Waals surface area contributed by atoms with Gasteiger partial charge in [-0.1, -0.05) is 222 Å². The minimum absolute atomic E-state index is 0.00166. The van der Waals surface area contributed by atoms with Gasteiger partial charge in [-0.2, -0.15) is 0 Å². The van der Waals surface area contributed by atoms with Gasteiger partial charge in [0.1, 0.15) is 0 Å². The Balaban J connectivity index is 1.21. The van der Waals surface area contributed by atoms with Crippen molar-refractivity contribution in [3.05, 3.63) is 215 Å². The molecule has 0 fully saturated rings. The van der Waals surface area contributed by atoms with Gasteiger partial charge >= 0.3 is 0 Å². The quantitative estimate of drug-likeness (QED) is 0.159. The molecule has 12 rings (SSSR count). The normalized spacial score (nSPS) is 18.4. The Morgan fingerprint density at radius 1 is 0.480 bits per heavy atom. The van der Waals surface area contributed by atoms with Crippen LogP contribution < -0.4 is 20.7 Å². The largest absolute Gasteiger partial charge is 0.334 e. The van der Waals surface area contributed by atoms with Crippen molar-refractivity contribution >= 4 is 63.1 Å². The van der Waals surface area contributed by atoms with Crippen LogP contribution in [0.25, 0.3) is 44.9 Å². The van der Waals surface area contributed by atoms with E-state index in [0.29, 0.717) is 5.92 Å². The number of rotatable bonds is 5. The number of fused-ring (bicyclic) bond motifs is 7. The van der Waals surface area contributed by atoms with Crippen LogP contribution in [0.5, 0.6) is 0 Å². The fraction of sp³-hybridized carbons (Fsp3) is 0.296. The monoisotopic (exact) mass is 980 g/mol. The van der Waals surface area contributed by atoms with Crippen molar-refractivity contribution in [3.8, 4) is 22.3 Å². The maximum absolute atomic E-state index is 2.75. The molecule has 0 saturated heterocycles. The van der Waals surface area contributed by atoms with Gasteiger partial charge < -0.3 is 14.4 Å². The molecule has 0 radical (unpaired) electrons. The number of anilines is 4. The van der Waals surface area contributed by atoms with Crippen LogP contribution in [0.15, 0.2) is 187 Å². The van der Waals surface area contributed by atoms with Crippen molar-refractivity contribution in [2.75, 3.05) is 9.80 Å². The summed E-state index contributed by atoms with van der Waals surface area (Å²) in [4.78, 5) is 5.44. The van der Waals surface area contributed by atoms with E-state index in [1.165, 1.54) is 112 Å². The lowest BCUT2D eigenvalue weighted by Gasteiger charge is -2.53. The maximum atomic E-state index is 2.75. The van der Waals surface area contributed by atoms with Gasteiger partial charge in [0.05, 0.1) is 17.2 Å². The average Bonchev–Trinajstić information content (AvgIpc) is 3.76. The zero-order valence-corrected chi connectivity index (χ0v) is 46.7.